The number of hydrogen-bond acceptors (Lipinski definition) is 4. The summed E-state index contributed by atoms with van der Waals surface area (Å²) in [4.78, 5) is 0. The van der Waals surface area contributed by atoms with Crippen LogP contribution in [0.3, 0.4) is 0 Å². The van der Waals surface area contributed by atoms with E-state index in [1.807, 2.05) is 48.5 Å². The van der Waals surface area contributed by atoms with Crippen LogP contribution in [0.15, 0.2) is 58.7 Å². The third kappa shape index (κ3) is 26.2. The maximum absolute atomic E-state index is 5.95. The van der Waals surface area contributed by atoms with E-state index in [0.717, 1.165) is 48.7 Å². The summed E-state index contributed by atoms with van der Waals surface area (Å²) in [6.45, 7) is 6.16. The summed E-state index contributed by atoms with van der Waals surface area (Å²) in [7, 11) is 0. The molecule has 0 saturated carbocycles. The minimum Gasteiger partial charge on any atom is -0.494 e. The van der Waals surface area contributed by atoms with E-state index in [2.05, 4.69) is 24.1 Å². The van der Waals surface area contributed by atoms with Crippen LogP contribution >= 0.6 is 0 Å². The van der Waals surface area contributed by atoms with Crippen molar-refractivity contribution < 1.29 is 9.47 Å². The zero-order valence-corrected chi connectivity index (χ0v) is 32.7. The summed E-state index contributed by atoms with van der Waals surface area (Å²) in [5.74, 6) is 1.85. The van der Waals surface area contributed by atoms with Gasteiger partial charge in [0.25, 0.3) is 0 Å². The molecule has 0 aromatic heterocycles. The fourth-order valence-electron chi connectivity index (χ4n) is 6.47. The zero-order chi connectivity index (χ0) is 35.4. The highest BCUT2D eigenvalue weighted by atomic mass is 16.5. The van der Waals surface area contributed by atoms with E-state index in [4.69, 9.17) is 9.47 Å². The minimum atomic E-state index is 0.791. The van der Waals surface area contributed by atoms with Crippen molar-refractivity contribution in [2.24, 2.45) is 10.2 Å². The van der Waals surface area contributed by atoms with Gasteiger partial charge in [0.1, 0.15) is 11.5 Å². The van der Waals surface area contributed by atoms with Crippen molar-refractivity contribution in [2.75, 3.05) is 13.2 Å². The van der Waals surface area contributed by atoms with Crippen molar-refractivity contribution in [3.05, 3.63) is 59.7 Å². The lowest BCUT2D eigenvalue weighted by Gasteiger charge is -2.06. The average Bonchev–Trinajstić information content (AvgIpc) is 3.14. The molecule has 2 rings (SSSR count). The molecule has 50 heavy (non-hydrogen) atoms. The van der Waals surface area contributed by atoms with Gasteiger partial charge in [0, 0.05) is 0 Å². The predicted molar refractivity (Wildman–Crippen MR) is 220 cm³/mol. The summed E-state index contributed by atoms with van der Waals surface area (Å²) < 4.78 is 11.9. The van der Waals surface area contributed by atoms with Crippen molar-refractivity contribution in [2.45, 2.75) is 194 Å². The largest absolute Gasteiger partial charge is 0.494 e. The molecule has 0 radical (unpaired) electrons. The summed E-state index contributed by atoms with van der Waals surface area (Å²) in [6, 6.07) is 16.2. The summed E-state index contributed by atoms with van der Waals surface area (Å²) >= 11 is 0. The van der Waals surface area contributed by atoms with Gasteiger partial charge in [-0.1, -0.05) is 181 Å². The SMILES string of the molecule is CCCCCCCCCCCCCCCCOc1ccc(/C=N/N=C/c2ccc(OCCCCCCCCCCCCCCCC)cc2)cc1. The van der Waals surface area contributed by atoms with Gasteiger partial charge in [0.05, 0.1) is 25.6 Å². The molecule has 0 amide bonds. The molecule has 282 valence electrons. The molecule has 2 aromatic rings. The molecular weight excluding hydrogens is 613 g/mol. The van der Waals surface area contributed by atoms with Gasteiger partial charge in [0.15, 0.2) is 0 Å². The Morgan fingerprint density at radius 3 is 0.840 bits per heavy atom. The van der Waals surface area contributed by atoms with Crippen molar-refractivity contribution in [1.82, 2.24) is 0 Å². The van der Waals surface area contributed by atoms with E-state index in [1.54, 1.807) is 12.4 Å². The van der Waals surface area contributed by atoms with Crippen LogP contribution in [-0.2, 0) is 0 Å². The molecule has 0 bridgehead atoms. The third-order valence-electron chi connectivity index (χ3n) is 9.77. The predicted octanol–water partition coefficient (Wildman–Crippen LogP) is 14.9. The maximum Gasteiger partial charge on any atom is 0.119 e. The molecular formula is C46H76N2O2. The molecule has 0 aliphatic heterocycles. The van der Waals surface area contributed by atoms with Crippen LogP contribution in [0.4, 0.5) is 0 Å². The first-order valence-corrected chi connectivity index (χ1v) is 21.3. The Morgan fingerprint density at radius 2 is 0.580 bits per heavy atom. The molecule has 0 atom stereocenters. The van der Waals surface area contributed by atoms with E-state index < -0.39 is 0 Å². The fraction of sp³-hybridized carbons (Fsp3) is 0.696. The quantitative estimate of drug-likeness (QED) is 0.0411. The first kappa shape index (κ1) is 43.5. The molecule has 0 aliphatic carbocycles. The number of benzene rings is 2. The molecule has 0 spiro atoms. The number of unbranched alkanes of at least 4 members (excludes halogenated alkanes) is 26. The minimum absolute atomic E-state index is 0.791. The van der Waals surface area contributed by atoms with Crippen molar-refractivity contribution in [3.63, 3.8) is 0 Å². The molecule has 0 aliphatic rings. The first-order valence-electron chi connectivity index (χ1n) is 21.3. The number of hydrogen-bond donors (Lipinski definition) is 0. The lowest BCUT2D eigenvalue weighted by atomic mass is 10.0. The molecule has 0 N–H and O–H groups in total. The number of ether oxygens (including phenoxy) is 2. The van der Waals surface area contributed by atoms with E-state index >= 15 is 0 Å². The van der Waals surface area contributed by atoms with Crippen molar-refractivity contribution >= 4 is 12.4 Å². The average molecular weight is 689 g/mol. The summed E-state index contributed by atoms with van der Waals surface area (Å²) in [5, 5.41) is 8.46. The smallest absolute Gasteiger partial charge is 0.119 e. The lowest BCUT2D eigenvalue weighted by Crippen LogP contribution is -1.97. The molecule has 4 nitrogen and oxygen atoms in total. The standard InChI is InChI=1S/C46H76N2O2/c1-3-5-7-9-11-13-15-17-19-21-23-25-27-29-39-49-45-35-31-43(32-36-45)41-47-48-42-44-33-37-46(38-34-44)50-40-30-28-26-24-22-20-18-16-14-12-10-8-6-4-2/h31-38,41-42H,3-30,39-40H2,1-2H3/b47-41+,48-42+. The van der Waals surface area contributed by atoms with Gasteiger partial charge in [-0.2, -0.15) is 10.2 Å². The maximum atomic E-state index is 5.95. The van der Waals surface area contributed by atoms with Crippen LogP contribution in [-0.4, -0.2) is 25.6 Å². The molecule has 2 aromatic carbocycles. The first-order chi connectivity index (χ1) is 24.8. The van der Waals surface area contributed by atoms with Crippen molar-refractivity contribution in [3.8, 4) is 11.5 Å². The van der Waals surface area contributed by atoms with Crippen molar-refractivity contribution in [1.29, 1.82) is 0 Å². The molecule has 0 heterocycles. The van der Waals surface area contributed by atoms with Crippen LogP contribution in [0.5, 0.6) is 11.5 Å². The van der Waals surface area contributed by atoms with E-state index in [0.29, 0.717) is 0 Å². The van der Waals surface area contributed by atoms with E-state index in [-0.39, 0.29) is 0 Å². The second-order valence-corrected chi connectivity index (χ2v) is 14.5. The lowest BCUT2D eigenvalue weighted by molar-refractivity contribution is 0.304. The monoisotopic (exact) mass is 689 g/mol. The van der Waals surface area contributed by atoms with Gasteiger partial charge in [-0.3, -0.25) is 0 Å². The Labute approximate surface area is 309 Å². The van der Waals surface area contributed by atoms with Crippen LogP contribution < -0.4 is 9.47 Å². The van der Waals surface area contributed by atoms with Gasteiger partial charge >= 0.3 is 0 Å². The summed E-state index contributed by atoms with van der Waals surface area (Å²) in [5.41, 5.74) is 2.02. The Kier molecular flexibility index (Phi) is 29.2. The van der Waals surface area contributed by atoms with E-state index in [1.165, 1.54) is 167 Å². The van der Waals surface area contributed by atoms with Gasteiger partial charge in [-0.05, 0) is 72.5 Å². The van der Waals surface area contributed by atoms with Crippen LogP contribution in [0.25, 0.3) is 0 Å². The Bertz CT molecular complexity index is 961. The number of nitrogens with zero attached hydrogens (tertiary/aromatic N) is 2. The van der Waals surface area contributed by atoms with Gasteiger partial charge in [0.2, 0.25) is 0 Å². The topological polar surface area (TPSA) is 43.2 Å². The Hall–Kier alpha value is -2.62. The fourth-order valence-corrected chi connectivity index (χ4v) is 6.47. The highest BCUT2D eigenvalue weighted by molar-refractivity contribution is 5.82. The van der Waals surface area contributed by atoms with Gasteiger partial charge < -0.3 is 9.47 Å². The van der Waals surface area contributed by atoms with E-state index in [9.17, 15) is 0 Å². The normalized spacial score (nSPS) is 11.6. The number of rotatable bonds is 35. The van der Waals surface area contributed by atoms with Crippen LogP contribution in [0, 0.1) is 0 Å². The highest BCUT2D eigenvalue weighted by Gasteiger charge is 1.99. The Morgan fingerprint density at radius 1 is 0.340 bits per heavy atom. The second-order valence-electron chi connectivity index (χ2n) is 14.5. The molecule has 0 saturated heterocycles. The van der Waals surface area contributed by atoms with Crippen LogP contribution in [0.2, 0.25) is 0 Å². The zero-order valence-electron chi connectivity index (χ0n) is 32.7. The Balaban J connectivity index is 1.42. The molecule has 4 heteroatoms. The molecule has 0 fully saturated rings. The highest BCUT2D eigenvalue weighted by Crippen LogP contribution is 2.17. The van der Waals surface area contributed by atoms with Gasteiger partial charge in [-0.25, -0.2) is 0 Å². The van der Waals surface area contributed by atoms with Crippen LogP contribution in [0.1, 0.15) is 205 Å². The molecule has 0 unspecified atom stereocenters. The third-order valence-corrected chi connectivity index (χ3v) is 9.77. The van der Waals surface area contributed by atoms with Gasteiger partial charge in [-0.15, -0.1) is 0 Å². The summed E-state index contributed by atoms with van der Waals surface area (Å²) in [6.07, 6.45) is 42.1. The second kappa shape index (κ2) is 33.5.